The van der Waals surface area contributed by atoms with E-state index in [-0.39, 0.29) is 12.7 Å². The van der Waals surface area contributed by atoms with Crippen molar-refractivity contribution in [2.24, 2.45) is 0 Å². The lowest BCUT2D eigenvalue weighted by molar-refractivity contribution is 0.174. The van der Waals surface area contributed by atoms with Gasteiger partial charge in [0.05, 0.1) is 12.3 Å². The molecule has 38 heavy (non-hydrogen) atoms. The molecular weight excluding hydrogens is 500 g/mol. The molecule has 0 spiro atoms. The summed E-state index contributed by atoms with van der Waals surface area (Å²) in [5.74, 6) is 3.77. The summed E-state index contributed by atoms with van der Waals surface area (Å²) in [6.07, 6.45) is 0. The molecule has 10 nitrogen and oxygen atoms in total. The van der Waals surface area contributed by atoms with Gasteiger partial charge in [0.15, 0.2) is 22.5 Å². The zero-order chi connectivity index (χ0) is 25.9. The fourth-order valence-corrected chi connectivity index (χ4v) is 4.87. The monoisotopic (exact) mass is 524 g/mol. The third kappa shape index (κ3) is 5.09. The molecule has 190 valence electrons. The van der Waals surface area contributed by atoms with Gasteiger partial charge in [-0.2, -0.15) is 15.0 Å². The zero-order valence-electron chi connectivity index (χ0n) is 20.5. The zero-order valence-corrected chi connectivity index (χ0v) is 21.4. The predicted molar refractivity (Wildman–Crippen MR) is 145 cm³/mol. The predicted octanol–water partition coefficient (Wildman–Crippen LogP) is 4.83. The Hall–Kier alpha value is -4.64. The number of nitrogens with zero attached hydrogens (tertiary/aromatic N) is 6. The van der Waals surface area contributed by atoms with E-state index in [0.29, 0.717) is 24.1 Å². The minimum Gasteiger partial charge on any atom is -0.454 e. The SMILES string of the molecule is Cc1ccccc1Nc1nc(N)nc(CSc2nnc(-c3ccccc3)n2Cc2ccc3c(c2)OCO3)n1. The number of anilines is 3. The molecule has 1 aliphatic rings. The van der Waals surface area contributed by atoms with E-state index in [1.807, 2.05) is 79.7 Å². The fourth-order valence-electron chi connectivity index (χ4n) is 4.08. The molecule has 0 atom stereocenters. The topological polar surface area (TPSA) is 126 Å². The second kappa shape index (κ2) is 10.4. The van der Waals surface area contributed by atoms with Crippen LogP contribution in [0.2, 0.25) is 0 Å². The number of aromatic nitrogens is 6. The Morgan fingerprint density at radius 1 is 0.921 bits per heavy atom. The summed E-state index contributed by atoms with van der Waals surface area (Å²) in [4.78, 5) is 13.2. The second-order valence-corrected chi connectivity index (χ2v) is 9.55. The molecule has 0 radical (unpaired) electrons. The van der Waals surface area contributed by atoms with E-state index in [1.54, 1.807) is 0 Å². The standard InChI is InChI=1S/C27H24N8O2S/c1-17-7-5-6-10-20(17)29-26-31-23(30-25(28)32-26)15-38-27-34-33-24(19-8-3-2-4-9-19)35(27)14-18-11-12-21-22(13-18)37-16-36-21/h2-13H,14-16H2,1H3,(H3,28,29,30,31,32). The first-order valence-corrected chi connectivity index (χ1v) is 12.9. The van der Waals surface area contributed by atoms with Gasteiger partial charge < -0.3 is 20.5 Å². The molecule has 0 saturated heterocycles. The van der Waals surface area contributed by atoms with Crippen LogP contribution in [0.4, 0.5) is 17.6 Å². The van der Waals surface area contributed by atoms with Gasteiger partial charge in [0.1, 0.15) is 5.82 Å². The Morgan fingerprint density at radius 2 is 1.74 bits per heavy atom. The van der Waals surface area contributed by atoms with Crippen LogP contribution in [-0.2, 0) is 12.3 Å². The van der Waals surface area contributed by atoms with Crippen LogP contribution in [-0.4, -0.2) is 36.5 Å². The van der Waals surface area contributed by atoms with E-state index >= 15 is 0 Å². The summed E-state index contributed by atoms with van der Waals surface area (Å²) in [6, 6.07) is 23.8. The number of nitrogens with two attached hydrogens (primary N) is 1. The smallest absolute Gasteiger partial charge is 0.232 e. The van der Waals surface area contributed by atoms with Crippen molar-refractivity contribution in [2.45, 2.75) is 24.4 Å². The van der Waals surface area contributed by atoms with Gasteiger partial charge in [0.2, 0.25) is 18.7 Å². The lowest BCUT2D eigenvalue weighted by Crippen LogP contribution is -2.08. The maximum Gasteiger partial charge on any atom is 0.232 e. The van der Waals surface area contributed by atoms with Crippen molar-refractivity contribution >= 4 is 29.3 Å². The van der Waals surface area contributed by atoms with Crippen molar-refractivity contribution < 1.29 is 9.47 Å². The molecule has 0 fully saturated rings. The molecule has 3 heterocycles. The minimum absolute atomic E-state index is 0.151. The van der Waals surface area contributed by atoms with Crippen LogP contribution in [0.15, 0.2) is 78.0 Å². The summed E-state index contributed by atoms with van der Waals surface area (Å²) >= 11 is 1.48. The number of benzene rings is 3. The van der Waals surface area contributed by atoms with Crippen molar-refractivity contribution in [1.82, 2.24) is 29.7 Å². The number of nitrogens with one attached hydrogen (secondary N) is 1. The summed E-state index contributed by atoms with van der Waals surface area (Å²) in [6.45, 7) is 2.80. The molecule has 0 saturated carbocycles. The first kappa shape index (κ1) is 23.7. The Labute approximate surface area is 223 Å². The number of ether oxygens (including phenoxy) is 2. The Kier molecular flexibility index (Phi) is 6.49. The third-order valence-electron chi connectivity index (χ3n) is 5.95. The highest BCUT2D eigenvalue weighted by molar-refractivity contribution is 7.98. The van der Waals surface area contributed by atoms with E-state index in [9.17, 15) is 0 Å². The van der Waals surface area contributed by atoms with Crippen LogP contribution in [0.25, 0.3) is 11.4 Å². The average molecular weight is 525 g/mol. The number of rotatable bonds is 8. The molecule has 0 bridgehead atoms. The maximum atomic E-state index is 6.01. The van der Waals surface area contributed by atoms with E-state index < -0.39 is 0 Å². The van der Waals surface area contributed by atoms with Crippen LogP contribution in [0.1, 0.15) is 17.0 Å². The number of nitrogen functional groups attached to an aromatic ring is 1. The normalized spacial score (nSPS) is 12.0. The van der Waals surface area contributed by atoms with Crippen molar-refractivity contribution in [1.29, 1.82) is 0 Å². The maximum absolute atomic E-state index is 6.01. The Balaban J connectivity index is 1.27. The van der Waals surface area contributed by atoms with E-state index in [4.69, 9.17) is 15.2 Å². The van der Waals surface area contributed by atoms with E-state index in [2.05, 4.69) is 35.0 Å². The van der Waals surface area contributed by atoms with E-state index in [1.165, 1.54) is 11.8 Å². The molecule has 6 rings (SSSR count). The molecule has 5 aromatic rings. The second-order valence-electron chi connectivity index (χ2n) is 8.61. The van der Waals surface area contributed by atoms with Crippen LogP contribution >= 0.6 is 11.8 Å². The van der Waals surface area contributed by atoms with Gasteiger partial charge in [-0.1, -0.05) is 66.4 Å². The Morgan fingerprint density at radius 3 is 2.61 bits per heavy atom. The molecular formula is C27H24N8O2S. The lowest BCUT2D eigenvalue weighted by atomic mass is 10.2. The molecule has 0 amide bonds. The van der Waals surface area contributed by atoms with Gasteiger partial charge >= 0.3 is 0 Å². The highest BCUT2D eigenvalue weighted by Gasteiger charge is 2.18. The van der Waals surface area contributed by atoms with Crippen molar-refractivity contribution in [3.8, 4) is 22.9 Å². The van der Waals surface area contributed by atoms with Crippen LogP contribution < -0.4 is 20.5 Å². The van der Waals surface area contributed by atoms with Gasteiger partial charge in [0.25, 0.3) is 0 Å². The molecule has 3 N–H and O–H groups in total. The number of fused-ring (bicyclic) bond motifs is 1. The summed E-state index contributed by atoms with van der Waals surface area (Å²) in [7, 11) is 0. The highest BCUT2D eigenvalue weighted by atomic mass is 32.2. The van der Waals surface area contributed by atoms with Crippen molar-refractivity contribution in [3.63, 3.8) is 0 Å². The third-order valence-corrected chi connectivity index (χ3v) is 6.91. The summed E-state index contributed by atoms with van der Waals surface area (Å²) < 4.78 is 13.1. The fraction of sp³-hybridized carbons (Fsp3) is 0.148. The largest absolute Gasteiger partial charge is 0.454 e. The van der Waals surface area contributed by atoms with Crippen LogP contribution in [0.3, 0.4) is 0 Å². The average Bonchev–Trinajstić information content (AvgIpc) is 3.56. The van der Waals surface area contributed by atoms with Gasteiger partial charge in [-0.15, -0.1) is 10.2 Å². The Bertz CT molecular complexity index is 1590. The minimum atomic E-state index is 0.151. The first-order valence-electron chi connectivity index (χ1n) is 12.0. The van der Waals surface area contributed by atoms with Crippen molar-refractivity contribution in [3.05, 3.63) is 89.7 Å². The van der Waals surface area contributed by atoms with Gasteiger partial charge in [-0.05, 0) is 36.2 Å². The van der Waals surface area contributed by atoms with E-state index in [0.717, 1.165) is 44.9 Å². The molecule has 1 aliphatic heterocycles. The van der Waals surface area contributed by atoms with Gasteiger partial charge in [-0.3, -0.25) is 4.57 Å². The molecule has 11 heteroatoms. The number of thioether (sulfide) groups is 1. The molecule has 0 unspecified atom stereocenters. The lowest BCUT2D eigenvalue weighted by Gasteiger charge is -2.12. The summed E-state index contributed by atoms with van der Waals surface area (Å²) in [5, 5.41) is 13.0. The van der Waals surface area contributed by atoms with Crippen molar-refractivity contribution in [2.75, 3.05) is 17.8 Å². The van der Waals surface area contributed by atoms with Gasteiger partial charge in [-0.25, -0.2) is 0 Å². The molecule has 0 aliphatic carbocycles. The quantitative estimate of drug-likeness (QED) is 0.272. The molecule has 3 aromatic carbocycles. The number of hydrogen-bond acceptors (Lipinski definition) is 10. The number of para-hydroxylation sites is 1. The summed E-state index contributed by atoms with van der Waals surface area (Å²) in [5.41, 5.74) is 10.0. The van der Waals surface area contributed by atoms with Gasteiger partial charge in [0, 0.05) is 11.3 Å². The van der Waals surface area contributed by atoms with Crippen LogP contribution in [0.5, 0.6) is 11.5 Å². The van der Waals surface area contributed by atoms with Crippen LogP contribution in [0, 0.1) is 6.92 Å². The number of aryl methyl sites for hydroxylation is 1. The first-order chi connectivity index (χ1) is 18.6. The highest BCUT2D eigenvalue weighted by Crippen LogP contribution is 2.34. The number of hydrogen-bond donors (Lipinski definition) is 2. The molecule has 2 aromatic heterocycles.